The van der Waals surface area contributed by atoms with E-state index in [1.165, 1.54) is 36.0 Å². The molecule has 0 atom stereocenters. The van der Waals surface area contributed by atoms with E-state index in [1.807, 2.05) is 42.7 Å². The second-order valence-electron chi connectivity index (χ2n) is 5.74. The van der Waals surface area contributed by atoms with Crippen LogP contribution in [0.15, 0.2) is 63.5 Å². The van der Waals surface area contributed by atoms with Crippen molar-refractivity contribution in [2.45, 2.75) is 41.1 Å². The van der Waals surface area contributed by atoms with Gasteiger partial charge in [0.1, 0.15) is 0 Å². The van der Waals surface area contributed by atoms with Crippen LogP contribution in [0.4, 0.5) is 8.78 Å². The van der Waals surface area contributed by atoms with Crippen molar-refractivity contribution >= 4 is 21.6 Å². The number of alkyl halides is 2. The number of nitrogens with zero attached hydrogens (tertiary/aromatic N) is 3. The van der Waals surface area contributed by atoms with Crippen LogP contribution in [0.3, 0.4) is 0 Å². The van der Waals surface area contributed by atoms with E-state index in [9.17, 15) is 17.2 Å². The van der Waals surface area contributed by atoms with Gasteiger partial charge in [-0.1, -0.05) is 24.3 Å². The molecule has 0 spiro atoms. The fourth-order valence-electron chi connectivity index (χ4n) is 2.58. The summed E-state index contributed by atoms with van der Waals surface area (Å²) in [7, 11) is -4.59. The lowest BCUT2D eigenvalue weighted by Crippen LogP contribution is -2.11. The van der Waals surface area contributed by atoms with E-state index in [-0.39, 0.29) is 0 Å². The standard InChI is InChI=1S/C18H17F2N3O2S2/c1-3-23-16(15-7-5-4-6-12(15)2)21-22-18(23)26-13-8-10-14(11-9-13)27(24,25)17(19)20/h4-11,17H,3H2,1-2H3. The third kappa shape index (κ3) is 3.89. The Bertz CT molecular complexity index is 1050. The smallest absolute Gasteiger partial charge is 0.302 e. The maximum Gasteiger partial charge on any atom is 0.341 e. The van der Waals surface area contributed by atoms with E-state index in [0.717, 1.165) is 17.0 Å². The molecule has 27 heavy (non-hydrogen) atoms. The summed E-state index contributed by atoms with van der Waals surface area (Å²) >= 11 is 1.29. The summed E-state index contributed by atoms with van der Waals surface area (Å²) in [5, 5.41) is 9.17. The summed E-state index contributed by atoms with van der Waals surface area (Å²) in [5.41, 5.74) is 2.06. The molecule has 9 heteroatoms. The predicted molar refractivity (Wildman–Crippen MR) is 99.6 cm³/mol. The van der Waals surface area contributed by atoms with Crippen molar-refractivity contribution in [1.29, 1.82) is 0 Å². The largest absolute Gasteiger partial charge is 0.341 e. The molecule has 142 valence electrons. The van der Waals surface area contributed by atoms with Crippen LogP contribution in [-0.4, -0.2) is 28.9 Å². The van der Waals surface area contributed by atoms with Crippen LogP contribution < -0.4 is 0 Å². The molecular weight excluding hydrogens is 392 g/mol. The molecule has 0 aliphatic carbocycles. The minimum atomic E-state index is -4.59. The van der Waals surface area contributed by atoms with Gasteiger partial charge in [-0.05, 0) is 55.4 Å². The van der Waals surface area contributed by atoms with Crippen LogP contribution >= 0.6 is 11.8 Å². The van der Waals surface area contributed by atoms with Gasteiger partial charge in [0.05, 0.1) is 4.90 Å². The molecular formula is C18H17F2N3O2S2. The van der Waals surface area contributed by atoms with Gasteiger partial charge >= 0.3 is 5.76 Å². The van der Waals surface area contributed by atoms with Crippen molar-refractivity contribution in [3.8, 4) is 11.4 Å². The average molecular weight is 409 g/mol. The molecule has 5 nitrogen and oxygen atoms in total. The summed E-state index contributed by atoms with van der Waals surface area (Å²) in [5.74, 6) is -2.69. The van der Waals surface area contributed by atoms with Gasteiger partial charge in [-0.3, -0.25) is 0 Å². The molecule has 1 aromatic heterocycles. The zero-order chi connectivity index (χ0) is 19.6. The zero-order valence-electron chi connectivity index (χ0n) is 14.6. The highest BCUT2D eigenvalue weighted by molar-refractivity contribution is 7.99. The van der Waals surface area contributed by atoms with Gasteiger partial charge in [0, 0.05) is 17.0 Å². The number of hydrogen-bond acceptors (Lipinski definition) is 5. The minimum absolute atomic E-state index is 0.403. The maximum absolute atomic E-state index is 12.6. The van der Waals surface area contributed by atoms with Crippen molar-refractivity contribution in [2.75, 3.05) is 0 Å². The normalized spacial score (nSPS) is 11.9. The van der Waals surface area contributed by atoms with Gasteiger partial charge in [-0.25, -0.2) is 8.42 Å². The Hall–Kier alpha value is -2.26. The molecule has 0 aliphatic rings. The van der Waals surface area contributed by atoms with E-state index >= 15 is 0 Å². The summed E-state index contributed by atoms with van der Waals surface area (Å²) in [6.07, 6.45) is 0. The number of benzene rings is 2. The lowest BCUT2D eigenvalue weighted by Gasteiger charge is -2.09. The van der Waals surface area contributed by atoms with Crippen molar-refractivity contribution in [1.82, 2.24) is 14.8 Å². The van der Waals surface area contributed by atoms with Gasteiger partial charge in [-0.2, -0.15) is 8.78 Å². The second-order valence-corrected chi connectivity index (χ2v) is 8.70. The summed E-state index contributed by atoms with van der Waals surface area (Å²) < 4.78 is 50.2. The first-order chi connectivity index (χ1) is 12.8. The summed E-state index contributed by atoms with van der Waals surface area (Å²) in [6, 6.07) is 13.2. The van der Waals surface area contributed by atoms with Gasteiger partial charge in [0.15, 0.2) is 11.0 Å². The fraction of sp³-hybridized carbons (Fsp3) is 0.222. The molecule has 2 aromatic carbocycles. The van der Waals surface area contributed by atoms with E-state index in [4.69, 9.17) is 0 Å². The van der Waals surface area contributed by atoms with E-state index < -0.39 is 20.5 Å². The van der Waals surface area contributed by atoms with Crippen LogP contribution in [0.25, 0.3) is 11.4 Å². The SMILES string of the molecule is CCn1c(Sc2ccc(S(=O)(=O)C(F)F)cc2)nnc1-c1ccccc1C. The maximum atomic E-state index is 12.6. The second kappa shape index (κ2) is 7.77. The molecule has 0 fully saturated rings. The molecule has 0 radical (unpaired) electrons. The highest BCUT2D eigenvalue weighted by Crippen LogP contribution is 2.31. The van der Waals surface area contributed by atoms with E-state index in [1.54, 1.807) is 0 Å². The van der Waals surface area contributed by atoms with Crippen molar-refractivity contribution in [2.24, 2.45) is 0 Å². The van der Waals surface area contributed by atoms with Crippen molar-refractivity contribution in [3.05, 3.63) is 54.1 Å². The first-order valence-electron chi connectivity index (χ1n) is 8.13. The van der Waals surface area contributed by atoms with E-state index in [2.05, 4.69) is 10.2 Å². The Kier molecular flexibility index (Phi) is 5.61. The lowest BCUT2D eigenvalue weighted by atomic mass is 10.1. The third-order valence-electron chi connectivity index (χ3n) is 4.02. The molecule has 0 saturated heterocycles. The number of sulfone groups is 1. The highest BCUT2D eigenvalue weighted by Gasteiger charge is 2.26. The average Bonchev–Trinajstić information content (AvgIpc) is 3.04. The van der Waals surface area contributed by atoms with Crippen LogP contribution in [0.2, 0.25) is 0 Å². The number of aryl methyl sites for hydroxylation is 1. The molecule has 3 rings (SSSR count). The zero-order valence-corrected chi connectivity index (χ0v) is 16.3. The number of rotatable bonds is 6. The monoisotopic (exact) mass is 409 g/mol. The molecule has 0 unspecified atom stereocenters. The van der Waals surface area contributed by atoms with E-state index in [0.29, 0.717) is 16.6 Å². The third-order valence-corrected chi connectivity index (χ3v) is 6.41. The Morgan fingerprint density at radius 1 is 1.07 bits per heavy atom. The van der Waals surface area contributed by atoms with Crippen LogP contribution in [0, 0.1) is 6.92 Å². The van der Waals surface area contributed by atoms with Gasteiger partial charge in [0.25, 0.3) is 0 Å². The first kappa shape index (κ1) is 19.5. The molecule has 0 bridgehead atoms. The van der Waals surface area contributed by atoms with Crippen molar-refractivity contribution in [3.63, 3.8) is 0 Å². The Morgan fingerprint density at radius 2 is 1.74 bits per heavy atom. The van der Waals surface area contributed by atoms with Crippen LogP contribution in [-0.2, 0) is 16.4 Å². The van der Waals surface area contributed by atoms with Crippen LogP contribution in [0.5, 0.6) is 0 Å². The minimum Gasteiger partial charge on any atom is -0.302 e. The predicted octanol–water partition coefficient (Wildman–Crippen LogP) is 4.42. The van der Waals surface area contributed by atoms with Gasteiger partial charge < -0.3 is 4.57 Å². The van der Waals surface area contributed by atoms with Gasteiger partial charge in [-0.15, -0.1) is 10.2 Å². The summed E-state index contributed by atoms with van der Waals surface area (Å²) in [4.78, 5) is 0.279. The van der Waals surface area contributed by atoms with Crippen LogP contribution in [0.1, 0.15) is 12.5 Å². The number of halogens is 2. The molecule has 3 aromatic rings. The molecule has 1 heterocycles. The Balaban J connectivity index is 1.90. The molecule has 0 aliphatic heterocycles. The topological polar surface area (TPSA) is 64.8 Å². The quantitative estimate of drug-likeness (QED) is 0.603. The molecule has 0 amide bonds. The number of hydrogen-bond donors (Lipinski definition) is 0. The summed E-state index contributed by atoms with van der Waals surface area (Å²) in [6.45, 7) is 4.63. The highest BCUT2D eigenvalue weighted by atomic mass is 32.2. The molecule has 0 saturated carbocycles. The fourth-order valence-corrected chi connectivity index (χ4v) is 4.19. The van der Waals surface area contributed by atoms with Gasteiger partial charge in [0.2, 0.25) is 9.84 Å². The Morgan fingerprint density at radius 3 is 2.33 bits per heavy atom. The Labute approximate surface area is 160 Å². The van der Waals surface area contributed by atoms with Crippen molar-refractivity contribution < 1.29 is 17.2 Å². The first-order valence-corrected chi connectivity index (χ1v) is 10.5. The number of aromatic nitrogens is 3. The lowest BCUT2D eigenvalue weighted by molar-refractivity contribution is 0.234. The molecule has 0 N–H and O–H groups in total.